The molecule has 0 saturated carbocycles. The van der Waals surface area contributed by atoms with Gasteiger partial charge in [-0.15, -0.1) is 0 Å². The largest absolute Gasteiger partial charge is 0.467 e. The van der Waals surface area contributed by atoms with E-state index < -0.39 is 0 Å². The van der Waals surface area contributed by atoms with Crippen LogP contribution in [0.15, 0.2) is 18.2 Å². The molecule has 1 saturated heterocycles. The third-order valence-corrected chi connectivity index (χ3v) is 5.05. The van der Waals surface area contributed by atoms with Gasteiger partial charge in [-0.3, -0.25) is 4.79 Å². The van der Waals surface area contributed by atoms with E-state index in [2.05, 4.69) is 39.2 Å². The summed E-state index contributed by atoms with van der Waals surface area (Å²) >= 11 is 0. The van der Waals surface area contributed by atoms with E-state index in [0.717, 1.165) is 42.0 Å². The number of aromatic nitrogens is 2. The monoisotopic (exact) mass is 382 g/mol. The smallest absolute Gasteiger partial charge is 0.262 e. The molecule has 2 heterocycles. The molecule has 28 heavy (non-hydrogen) atoms. The molecule has 150 valence electrons. The SMILES string of the molecule is Cc1cc(C)c(NC(=O)COc2cc(C)nc(N3CCC[C@@H](C)C3)n2)c(C)c1. The highest BCUT2D eigenvalue weighted by Gasteiger charge is 2.20. The molecular weight excluding hydrogens is 352 g/mol. The lowest BCUT2D eigenvalue weighted by Crippen LogP contribution is -2.35. The van der Waals surface area contributed by atoms with E-state index in [9.17, 15) is 4.79 Å². The fraction of sp³-hybridized carbons (Fsp3) is 0.500. The Kier molecular flexibility index (Phi) is 6.17. The van der Waals surface area contributed by atoms with Gasteiger partial charge < -0.3 is 15.0 Å². The van der Waals surface area contributed by atoms with Crippen LogP contribution in [-0.2, 0) is 4.79 Å². The summed E-state index contributed by atoms with van der Waals surface area (Å²) in [5.74, 6) is 1.56. The molecule has 1 aromatic heterocycles. The topological polar surface area (TPSA) is 67.3 Å². The lowest BCUT2D eigenvalue weighted by molar-refractivity contribution is -0.118. The first-order valence-electron chi connectivity index (χ1n) is 9.93. The van der Waals surface area contributed by atoms with Crippen molar-refractivity contribution in [2.75, 3.05) is 29.9 Å². The zero-order valence-electron chi connectivity index (χ0n) is 17.5. The van der Waals surface area contributed by atoms with Crippen molar-refractivity contribution < 1.29 is 9.53 Å². The minimum atomic E-state index is -0.195. The number of anilines is 2. The standard InChI is InChI=1S/C22H30N4O2/c1-14-7-6-8-26(12-14)22-23-18(5)11-20(25-22)28-13-19(27)24-21-16(3)9-15(2)10-17(21)4/h9-11,14H,6-8,12-13H2,1-5H3,(H,24,27)/t14-/m1/s1. The number of carbonyl (C=O) groups is 1. The summed E-state index contributed by atoms with van der Waals surface area (Å²) in [5.41, 5.74) is 4.96. The fourth-order valence-corrected chi connectivity index (χ4v) is 3.80. The predicted octanol–water partition coefficient (Wildman–Crippen LogP) is 3.96. The van der Waals surface area contributed by atoms with Crippen LogP contribution in [0.3, 0.4) is 0 Å². The van der Waals surface area contributed by atoms with Crippen molar-refractivity contribution in [3.8, 4) is 5.88 Å². The summed E-state index contributed by atoms with van der Waals surface area (Å²) in [6.45, 7) is 12.0. The number of rotatable bonds is 5. The van der Waals surface area contributed by atoms with Crippen LogP contribution >= 0.6 is 0 Å². The molecule has 0 spiro atoms. The van der Waals surface area contributed by atoms with Crippen LogP contribution in [0.5, 0.6) is 5.88 Å². The summed E-state index contributed by atoms with van der Waals surface area (Å²) in [5, 5.41) is 2.96. The first-order chi connectivity index (χ1) is 13.3. The second-order valence-corrected chi connectivity index (χ2v) is 7.95. The Labute approximate surface area is 167 Å². The van der Waals surface area contributed by atoms with Crippen LogP contribution in [0, 0.1) is 33.6 Å². The maximum absolute atomic E-state index is 12.4. The Balaban J connectivity index is 1.65. The number of ether oxygens (including phenoxy) is 1. The molecular formula is C22H30N4O2. The zero-order valence-corrected chi connectivity index (χ0v) is 17.5. The number of benzene rings is 1. The minimum Gasteiger partial charge on any atom is -0.467 e. The van der Waals surface area contributed by atoms with Gasteiger partial charge in [-0.25, -0.2) is 4.98 Å². The Bertz CT molecular complexity index is 843. The van der Waals surface area contributed by atoms with Crippen molar-refractivity contribution in [2.24, 2.45) is 5.92 Å². The van der Waals surface area contributed by atoms with E-state index in [-0.39, 0.29) is 12.5 Å². The number of aryl methyl sites for hydroxylation is 4. The van der Waals surface area contributed by atoms with Gasteiger partial charge in [-0.2, -0.15) is 4.98 Å². The lowest BCUT2D eigenvalue weighted by Gasteiger charge is -2.31. The summed E-state index contributed by atoms with van der Waals surface area (Å²) in [4.78, 5) is 23.7. The molecule has 6 heteroatoms. The summed E-state index contributed by atoms with van der Waals surface area (Å²) in [6, 6.07) is 5.89. The summed E-state index contributed by atoms with van der Waals surface area (Å²) in [6.07, 6.45) is 2.38. The average Bonchev–Trinajstić information content (AvgIpc) is 2.62. The van der Waals surface area contributed by atoms with Gasteiger partial charge in [0.1, 0.15) is 0 Å². The Morgan fingerprint density at radius 1 is 1.18 bits per heavy atom. The number of piperidine rings is 1. The molecule has 1 amide bonds. The maximum atomic E-state index is 12.4. The molecule has 1 fully saturated rings. The molecule has 1 atom stereocenters. The van der Waals surface area contributed by atoms with Crippen molar-refractivity contribution in [3.63, 3.8) is 0 Å². The highest BCUT2D eigenvalue weighted by Crippen LogP contribution is 2.23. The molecule has 0 unspecified atom stereocenters. The number of nitrogens with one attached hydrogen (secondary N) is 1. The molecule has 1 aliphatic rings. The Morgan fingerprint density at radius 3 is 2.57 bits per heavy atom. The van der Waals surface area contributed by atoms with E-state index in [1.807, 2.05) is 27.7 Å². The van der Waals surface area contributed by atoms with Crippen molar-refractivity contribution >= 4 is 17.5 Å². The third kappa shape index (κ3) is 5.00. The van der Waals surface area contributed by atoms with E-state index in [4.69, 9.17) is 4.74 Å². The van der Waals surface area contributed by atoms with Crippen molar-refractivity contribution in [1.29, 1.82) is 0 Å². The van der Waals surface area contributed by atoms with E-state index in [1.54, 1.807) is 6.07 Å². The fourth-order valence-electron chi connectivity index (χ4n) is 3.80. The molecule has 2 aromatic rings. The first-order valence-corrected chi connectivity index (χ1v) is 9.93. The highest BCUT2D eigenvalue weighted by atomic mass is 16.5. The van der Waals surface area contributed by atoms with Crippen LogP contribution in [0.1, 0.15) is 42.1 Å². The van der Waals surface area contributed by atoms with Gasteiger partial charge in [0.2, 0.25) is 11.8 Å². The molecule has 1 aromatic carbocycles. The molecule has 0 bridgehead atoms. The summed E-state index contributed by atoms with van der Waals surface area (Å²) < 4.78 is 5.69. The second kappa shape index (κ2) is 8.59. The Morgan fingerprint density at radius 2 is 1.89 bits per heavy atom. The van der Waals surface area contributed by atoms with Gasteiger partial charge in [-0.1, -0.05) is 24.6 Å². The molecule has 1 N–H and O–H groups in total. The zero-order chi connectivity index (χ0) is 20.3. The number of carbonyl (C=O) groups excluding carboxylic acids is 1. The van der Waals surface area contributed by atoms with Crippen molar-refractivity contribution in [1.82, 2.24) is 9.97 Å². The molecule has 0 aliphatic carbocycles. The molecule has 3 rings (SSSR count). The van der Waals surface area contributed by atoms with E-state index in [1.165, 1.54) is 12.0 Å². The van der Waals surface area contributed by atoms with Gasteiger partial charge in [-0.05, 0) is 57.6 Å². The number of amides is 1. The van der Waals surface area contributed by atoms with Gasteiger partial charge in [0.15, 0.2) is 6.61 Å². The minimum absolute atomic E-state index is 0.0843. The number of hydrogen-bond donors (Lipinski definition) is 1. The van der Waals surface area contributed by atoms with Gasteiger partial charge in [0.05, 0.1) is 0 Å². The second-order valence-electron chi connectivity index (χ2n) is 7.95. The third-order valence-electron chi connectivity index (χ3n) is 5.05. The van der Waals surface area contributed by atoms with E-state index in [0.29, 0.717) is 17.7 Å². The number of nitrogens with zero attached hydrogens (tertiary/aromatic N) is 3. The van der Waals surface area contributed by atoms with Gasteiger partial charge in [0.25, 0.3) is 5.91 Å². The Hall–Kier alpha value is -2.63. The normalized spacial score (nSPS) is 16.8. The van der Waals surface area contributed by atoms with Crippen molar-refractivity contribution in [3.05, 3.63) is 40.6 Å². The quantitative estimate of drug-likeness (QED) is 0.848. The van der Waals surface area contributed by atoms with Crippen LogP contribution in [0.25, 0.3) is 0 Å². The van der Waals surface area contributed by atoms with Crippen LogP contribution in [-0.4, -0.2) is 35.6 Å². The summed E-state index contributed by atoms with van der Waals surface area (Å²) in [7, 11) is 0. The number of hydrogen-bond acceptors (Lipinski definition) is 5. The highest BCUT2D eigenvalue weighted by molar-refractivity contribution is 5.93. The molecule has 1 aliphatic heterocycles. The lowest BCUT2D eigenvalue weighted by atomic mass is 10.0. The van der Waals surface area contributed by atoms with Crippen LogP contribution in [0.2, 0.25) is 0 Å². The molecule has 0 radical (unpaired) electrons. The van der Waals surface area contributed by atoms with Crippen LogP contribution in [0.4, 0.5) is 11.6 Å². The maximum Gasteiger partial charge on any atom is 0.262 e. The van der Waals surface area contributed by atoms with Gasteiger partial charge >= 0.3 is 0 Å². The predicted molar refractivity (Wildman–Crippen MR) is 112 cm³/mol. The first kappa shape index (κ1) is 20.1. The molecule has 6 nitrogen and oxygen atoms in total. The van der Waals surface area contributed by atoms with Crippen molar-refractivity contribution in [2.45, 2.75) is 47.5 Å². The van der Waals surface area contributed by atoms with Gasteiger partial charge in [0, 0.05) is 30.5 Å². The average molecular weight is 383 g/mol. The van der Waals surface area contributed by atoms with E-state index >= 15 is 0 Å². The van der Waals surface area contributed by atoms with Crippen LogP contribution < -0.4 is 15.0 Å².